The lowest BCUT2D eigenvalue weighted by molar-refractivity contribution is 0.491. The van der Waals surface area contributed by atoms with Gasteiger partial charge in [-0.25, -0.2) is 4.39 Å². The summed E-state index contributed by atoms with van der Waals surface area (Å²) >= 11 is 3.48. The molecule has 0 saturated carbocycles. The fourth-order valence-corrected chi connectivity index (χ4v) is 1.89. The third kappa shape index (κ3) is 3.16. The first-order valence-corrected chi connectivity index (χ1v) is 6.07. The van der Waals surface area contributed by atoms with E-state index in [1.165, 1.54) is 11.6 Å². The summed E-state index contributed by atoms with van der Waals surface area (Å²) in [4.78, 5) is 0. The fourth-order valence-electron chi connectivity index (χ4n) is 1.47. The van der Waals surface area contributed by atoms with Crippen LogP contribution in [-0.2, 0) is 6.42 Å². The molecule has 0 heterocycles. The first-order chi connectivity index (χ1) is 7.00. The van der Waals surface area contributed by atoms with Crippen molar-refractivity contribution in [3.05, 3.63) is 47.8 Å². The van der Waals surface area contributed by atoms with Crippen molar-refractivity contribution in [3.8, 4) is 0 Å². The molecule has 2 heteroatoms. The Hall–Kier alpha value is -0.630. The zero-order valence-corrected chi connectivity index (χ0v) is 10.8. The Bertz CT molecular complexity index is 360. The Morgan fingerprint density at radius 3 is 2.67 bits per heavy atom. The van der Waals surface area contributed by atoms with Crippen molar-refractivity contribution < 1.29 is 4.39 Å². The highest BCUT2D eigenvalue weighted by molar-refractivity contribution is 9.09. The first-order valence-electron chi connectivity index (χ1n) is 4.95. The van der Waals surface area contributed by atoms with Crippen molar-refractivity contribution in [2.45, 2.75) is 20.3 Å². The van der Waals surface area contributed by atoms with Crippen LogP contribution in [0.3, 0.4) is 0 Å². The average molecular weight is 271 g/mol. The van der Waals surface area contributed by atoms with Crippen LogP contribution < -0.4 is 0 Å². The SMILES string of the molecule is C=CC(C)(CBr)Cc1ccc(F)cc1C. The second-order valence-electron chi connectivity index (χ2n) is 4.24. The van der Waals surface area contributed by atoms with E-state index in [0.29, 0.717) is 0 Å². The van der Waals surface area contributed by atoms with Crippen molar-refractivity contribution in [2.24, 2.45) is 5.41 Å². The molecule has 0 amide bonds. The van der Waals surface area contributed by atoms with Crippen LogP contribution in [0.1, 0.15) is 18.1 Å². The van der Waals surface area contributed by atoms with Gasteiger partial charge < -0.3 is 0 Å². The van der Waals surface area contributed by atoms with E-state index in [1.807, 2.05) is 19.1 Å². The lowest BCUT2D eigenvalue weighted by Crippen LogP contribution is -2.18. The molecule has 0 aromatic heterocycles. The number of alkyl halides is 1. The number of halogens is 2. The molecule has 0 aliphatic carbocycles. The van der Waals surface area contributed by atoms with E-state index in [2.05, 4.69) is 29.4 Å². The molecule has 0 nitrogen and oxygen atoms in total. The Balaban J connectivity index is 2.94. The minimum atomic E-state index is -0.171. The molecule has 1 aromatic rings. The molecule has 0 fully saturated rings. The van der Waals surface area contributed by atoms with Crippen LogP contribution >= 0.6 is 15.9 Å². The minimum Gasteiger partial charge on any atom is -0.207 e. The molecule has 1 aromatic carbocycles. The average Bonchev–Trinajstić information content (AvgIpc) is 2.22. The maximum absolute atomic E-state index is 12.9. The van der Waals surface area contributed by atoms with Crippen LogP contribution in [-0.4, -0.2) is 5.33 Å². The number of allylic oxidation sites excluding steroid dienone is 1. The van der Waals surface area contributed by atoms with E-state index in [9.17, 15) is 4.39 Å². The molecule has 0 saturated heterocycles. The normalized spacial score (nSPS) is 14.7. The molecule has 15 heavy (non-hydrogen) atoms. The minimum absolute atomic E-state index is 0.0303. The van der Waals surface area contributed by atoms with Gasteiger partial charge >= 0.3 is 0 Å². The molecule has 0 bridgehead atoms. The molecule has 1 rings (SSSR count). The molecule has 1 atom stereocenters. The second-order valence-corrected chi connectivity index (χ2v) is 4.80. The van der Waals surface area contributed by atoms with Gasteiger partial charge in [-0.2, -0.15) is 0 Å². The monoisotopic (exact) mass is 270 g/mol. The lowest BCUT2D eigenvalue weighted by atomic mass is 9.84. The Kier molecular flexibility index (Phi) is 4.09. The highest BCUT2D eigenvalue weighted by Crippen LogP contribution is 2.27. The molecule has 0 radical (unpaired) electrons. The first kappa shape index (κ1) is 12.4. The van der Waals surface area contributed by atoms with E-state index in [0.717, 1.165) is 17.3 Å². The van der Waals surface area contributed by atoms with Gasteiger partial charge in [0, 0.05) is 5.33 Å². The third-order valence-electron chi connectivity index (χ3n) is 2.70. The maximum atomic E-state index is 12.9. The molecule has 1 unspecified atom stereocenters. The zero-order chi connectivity index (χ0) is 11.5. The number of rotatable bonds is 4. The third-order valence-corrected chi connectivity index (χ3v) is 3.98. The maximum Gasteiger partial charge on any atom is 0.123 e. The van der Waals surface area contributed by atoms with Gasteiger partial charge in [0.1, 0.15) is 5.82 Å². The molecule has 82 valence electrons. The van der Waals surface area contributed by atoms with Gasteiger partial charge in [-0.15, -0.1) is 6.58 Å². The smallest absolute Gasteiger partial charge is 0.123 e. The van der Waals surface area contributed by atoms with Gasteiger partial charge in [0.15, 0.2) is 0 Å². The Labute approximate surface area is 99.3 Å². The van der Waals surface area contributed by atoms with Gasteiger partial charge in [-0.05, 0) is 42.0 Å². The summed E-state index contributed by atoms with van der Waals surface area (Å²) in [5.41, 5.74) is 2.21. The van der Waals surface area contributed by atoms with E-state index in [4.69, 9.17) is 0 Å². The second kappa shape index (κ2) is 4.93. The van der Waals surface area contributed by atoms with Crippen molar-refractivity contribution in [2.75, 3.05) is 5.33 Å². The number of hydrogen-bond donors (Lipinski definition) is 0. The predicted molar refractivity (Wildman–Crippen MR) is 66.9 cm³/mol. The van der Waals surface area contributed by atoms with Gasteiger partial charge in [0.2, 0.25) is 0 Å². The van der Waals surface area contributed by atoms with Crippen molar-refractivity contribution in [3.63, 3.8) is 0 Å². The van der Waals surface area contributed by atoms with Gasteiger partial charge in [0.25, 0.3) is 0 Å². The molecular weight excluding hydrogens is 255 g/mol. The van der Waals surface area contributed by atoms with Gasteiger partial charge in [0.05, 0.1) is 0 Å². The van der Waals surface area contributed by atoms with Crippen LogP contribution in [0, 0.1) is 18.2 Å². The zero-order valence-electron chi connectivity index (χ0n) is 9.19. The predicted octanol–water partition coefficient (Wildman–Crippen LogP) is 4.26. The van der Waals surface area contributed by atoms with E-state index in [-0.39, 0.29) is 11.2 Å². The quantitative estimate of drug-likeness (QED) is 0.567. The topological polar surface area (TPSA) is 0 Å². The van der Waals surface area contributed by atoms with Crippen LogP contribution in [0.4, 0.5) is 4.39 Å². The molecular formula is C13H16BrF. The molecule has 0 N–H and O–H groups in total. The summed E-state index contributed by atoms with van der Waals surface area (Å²) < 4.78 is 12.9. The van der Waals surface area contributed by atoms with E-state index >= 15 is 0 Å². The molecule has 0 spiro atoms. The largest absolute Gasteiger partial charge is 0.207 e. The van der Waals surface area contributed by atoms with Crippen molar-refractivity contribution in [1.29, 1.82) is 0 Å². The Morgan fingerprint density at radius 1 is 1.53 bits per heavy atom. The fraction of sp³-hybridized carbons (Fsp3) is 0.385. The molecule has 0 aliphatic heterocycles. The summed E-state index contributed by atoms with van der Waals surface area (Å²) in [5.74, 6) is -0.171. The highest BCUT2D eigenvalue weighted by atomic mass is 79.9. The summed E-state index contributed by atoms with van der Waals surface area (Å²) in [6.45, 7) is 7.92. The number of aryl methyl sites for hydroxylation is 1. The number of hydrogen-bond acceptors (Lipinski definition) is 0. The summed E-state index contributed by atoms with van der Waals surface area (Å²) in [6.07, 6.45) is 2.83. The highest BCUT2D eigenvalue weighted by Gasteiger charge is 2.20. The van der Waals surface area contributed by atoms with Gasteiger partial charge in [-0.1, -0.05) is 35.0 Å². The lowest BCUT2D eigenvalue weighted by Gasteiger charge is -2.23. The molecule has 0 aliphatic rings. The van der Waals surface area contributed by atoms with Gasteiger partial charge in [-0.3, -0.25) is 0 Å². The summed E-state index contributed by atoms with van der Waals surface area (Å²) in [7, 11) is 0. The van der Waals surface area contributed by atoms with Crippen LogP contribution in [0.2, 0.25) is 0 Å². The Morgan fingerprint density at radius 2 is 2.20 bits per heavy atom. The van der Waals surface area contributed by atoms with Crippen LogP contribution in [0.5, 0.6) is 0 Å². The van der Waals surface area contributed by atoms with Crippen LogP contribution in [0.15, 0.2) is 30.9 Å². The van der Waals surface area contributed by atoms with E-state index < -0.39 is 0 Å². The number of benzene rings is 1. The summed E-state index contributed by atoms with van der Waals surface area (Å²) in [5, 5.41) is 0.861. The van der Waals surface area contributed by atoms with Crippen molar-refractivity contribution >= 4 is 15.9 Å². The standard InChI is InChI=1S/C13H16BrF/c1-4-13(3,9-14)8-11-5-6-12(15)7-10(11)2/h4-7H,1,8-9H2,2-3H3. The summed E-state index contributed by atoms with van der Waals surface area (Å²) in [6, 6.07) is 4.95. The van der Waals surface area contributed by atoms with Crippen molar-refractivity contribution in [1.82, 2.24) is 0 Å². The van der Waals surface area contributed by atoms with E-state index in [1.54, 1.807) is 6.07 Å². The van der Waals surface area contributed by atoms with Crippen LogP contribution in [0.25, 0.3) is 0 Å².